The Bertz CT molecular complexity index is 342. The fraction of sp³-hybridized carbons (Fsp3) is 0.545. The molecular formula is C11H16FN3O. The van der Waals surface area contributed by atoms with Gasteiger partial charge in [-0.25, -0.2) is 4.39 Å². The van der Waals surface area contributed by atoms with Gasteiger partial charge in [-0.15, -0.1) is 0 Å². The van der Waals surface area contributed by atoms with Gasteiger partial charge in [0.1, 0.15) is 5.82 Å². The average Bonchev–Trinajstić information content (AvgIpc) is 2.34. The number of nitrogens with two attached hydrogens (primary N) is 1. The molecular weight excluding hydrogens is 209 g/mol. The maximum Gasteiger partial charge on any atom is 0.146 e. The number of nitrogens with zero attached hydrogens (tertiary/aromatic N) is 1. The molecule has 0 saturated carbocycles. The van der Waals surface area contributed by atoms with Crippen molar-refractivity contribution in [3.05, 3.63) is 29.8 Å². The van der Waals surface area contributed by atoms with Crippen LogP contribution < -0.4 is 11.3 Å². The predicted octanol–water partition coefficient (Wildman–Crippen LogP) is 1.15. The Hall–Kier alpha value is -1.04. The lowest BCUT2D eigenvalue weighted by molar-refractivity contribution is 0.0378. The minimum absolute atomic E-state index is 0.183. The molecule has 0 spiro atoms. The van der Waals surface area contributed by atoms with Crippen molar-refractivity contribution in [1.29, 1.82) is 0 Å². The molecule has 1 aliphatic rings. The molecule has 0 amide bonds. The first-order chi connectivity index (χ1) is 7.83. The Morgan fingerprint density at radius 2 is 2.50 bits per heavy atom. The zero-order chi connectivity index (χ0) is 11.4. The molecule has 0 aliphatic carbocycles. The van der Waals surface area contributed by atoms with Crippen molar-refractivity contribution in [3.8, 4) is 0 Å². The number of hydrogen-bond donors (Lipinski definition) is 2. The number of aromatic nitrogens is 1. The van der Waals surface area contributed by atoms with Crippen LogP contribution in [0.15, 0.2) is 18.3 Å². The van der Waals surface area contributed by atoms with E-state index in [-0.39, 0.29) is 17.8 Å². The Labute approximate surface area is 94.0 Å². The van der Waals surface area contributed by atoms with Crippen LogP contribution in [0, 0.1) is 11.7 Å². The topological polar surface area (TPSA) is 60.2 Å². The van der Waals surface area contributed by atoms with Crippen LogP contribution >= 0.6 is 0 Å². The normalized spacial score (nSPS) is 23.0. The molecule has 1 saturated heterocycles. The molecule has 2 atom stereocenters. The second-order valence-electron chi connectivity index (χ2n) is 3.99. The van der Waals surface area contributed by atoms with E-state index in [0.717, 1.165) is 19.4 Å². The van der Waals surface area contributed by atoms with Crippen LogP contribution in [0.5, 0.6) is 0 Å². The van der Waals surface area contributed by atoms with Gasteiger partial charge in [-0.3, -0.25) is 16.3 Å². The number of halogens is 1. The molecule has 3 N–H and O–H groups in total. The van der Waals surface area contributed by atoms with E-state index in [4.69, 9.17) is 10.6 Å². The second-order valence-corrected chi connectivity index (χ2v) is 3.99. The van der Waals surface area contributed by atoms with Gasteiger partial charge in [0.25, 0.3) is 0 Å². The highest BCUT2D eigenvalue weighted by atomic mass is 19.1. The number of hydrogen-bond acceptors (Lipinski definition) is 4. The zero-order valence-corrected chi connectivity index (χ0v) is 9.03. The summed E-state index contributed by atoms with van der Waals surface area (Å²) in [6.45, 7) is 1.38. The lowest BCUT2D eigenvalue weighted by Crippen LogP contribution is -2.38. The van der Waals surface area contributed by atoms with Gasteiger partial charge in [-0.05, 0) is 25.0 Å². The van der Waals surface area contributed by atoms with Crippen molar-refractivity contribution in [2.45, 2.75) is 18.9 Å². The Morgan fingerprint density at radius 3 is 3.12 bits per heavy atom. The van der Waals surface area contributed by atoms with Crippen molar-refractivity contribution in [1.82, 2.24) is 10.4 Å². The third-order valence-electron chi connectivity index (χ3n) is 2.93. The minimum Gasteiger partial charge on any atom is -0.381 e. The molecule has 2 heterocycles. The predicted molar refractivity (Wildman–Crippen MR) is 57.8 cm³/mol. The second kappa shape index (κ2) is 5.34. The maximum absolute atomic E-state index is 13.6. The fourth-order valence-electron chi connectivity index (χ4n) is 2.09. The van der Waals surface area contributed by atoms with Crippen LogP contribution in [0.3, 0.4) is 0 Å². The Kier molecular flexibility index (Phi) is 3.82. The molecule has 2 rings (SSSR count). The van der Waals surface area contributed by atoms with Crippen LogP contribution in [0.25, 0.3) is 0 Å². The van der Waals surface area contributed by atoms with E-state index in [9.17, 15) is 4.39 Å². The van der Waals surface area contributed by atoms with Crippen molar-refractivity contribution < 1.29 is 9.13 Å². The summed E-state index contributed by atoms with van der Waals surface area (Å²) in [5, 5.41) is 0. The van der Waals surface area contributed by atoms with E-state index in [1.807, 2.05) is 0 Å². The smallest absolute Gasteiger partial charge is 0.146 e. The molecule has 4 nitrogen and oxygen atoms in total. The highest BCUT2D eigenvalue weighted by Gasteiger charge is 2.27. The molecule has 88 valence electrons. The van der Waals surface area contributed by atoms with E-state index in [1.165, 1.54) is 6.07 Å². The molecule has 1 aliphatic heterocycles. The number of rotatable bonds is 3. The summed E-state index contributed by atoms with van der Waals surface area (Å²) in [5.41, 5.74) is 3.02. The summed E-state index contributed by atoms with van der Waals surface area (Å²) in [5.74, 6) is 5.35. The maximum atomic E-state index is 13.6. The molecule has 0 bridgehead atoms. The van der Waals surface area contributed by atoms with Gasteiger partial charge in [-0.2, -0.15) is 0 Å². The van der Waals surface area contributed by atoms with Crippen LogP contribution in [0.2, 0.25) is 0 Å². The number of hydrazine groups is 1. The molecule has 2 unspecified atom stereocenters. The van der Waals surface area contributed by atoms with Crippen LogP contribution in [0.1, 0.15) is 24.6 Å². The Morgan fingerprint density at radius 1 is 1.62 bits per heavy atom. The monoisotopic (exact) mass is 225 g/mol. The molecule has 1 aromatic rings. The fourth-order valence-corrected chi connectivity index (χ4v) is 2.09. The summed E-state index contributed by atoms with van der Waals surface area (Å²) >= 11 is 0. The van der Waals surface area contributed by atoms with Gasteiger partial charge >= 0.3 is 0 Å². The first kappa shape index (κ1) is 11.4. The van der Waals surface area contributed by atoms with Crippen LogP contribution in [-0.2, 0) is 4.74 Å². The third kappa shape index (κ3) is 2.37. The lowest BCUT2D eigenvalue weighted by atomic mass is 9.91. The SMILES string of the molecule is NNC(c1ncccc1F)C1CCCOC1. The first-order valence-corrected chi connectivity index (χ1v) is 5.47. The standard InChI is InChI=1S/C11H16FN3O/c12-9-4-1-5-14-11(9)10(15-13)8-3-2-6-16-7-8/h1,4-5,8,10,15H,2-3,6-7,13H2. The van der Waals surface area contributed by atoms with Crippen molar-refractivity contribution >= 4 is 0 Å². The van der Waals surface area contributed by atoms with Gasteiger partial charge in [0.2, 0.25) is 0 Å². The first-order valence-electron chi connectivity index (χ1n) is 5.47. The van der Waals surface area contributed by atoms with Crippen molar-refractivity contribution in [3.63, 3.8) is 0 Å². The molecule has 0 radical (unpaired) electrons. The zero-order valence-electron chi connectivity index (χ0n) is 9.03. The van der Waals surface area contributed by atoms with Crippen molar-refractivity contribution in [2.75, 3.05) is 13.2 Å². The van der Waals surface area contributed by atoms with E-state index in [0.29, 0.717) is 12.3 Å². The summed E-state index contributed by atoms with van der Waals surface area (Å²) in [4.78, 5) is 4.05. The molecule has 5 heteroatoms. The van der Waals surface area contributed by atoms with Crippen LogP contribution in [0.4, 0.5) is 4.39 Å². The number of nitrogens with one attached hydrogen (secondary N) is 1. The van der Waals surface area contributed by atoms with Crippen LogP contribution in [-0.4, -0.2) is 18.2 Å². The summed E-state index contributed by atoms with van der Waals surface area (Å²) in [7, 11) is 0. The molecule has 0 aromatic carbocycles. The van der Waals surface area contributed by atoms with Gasteiger partial charge in [0, 0.05) is 18.7 Å². The van der Waals surface area contributed by atoms with Gasteiger partial charge < -0.3 is 4.74 Å². The van der Waals surface area contributed by atoms with E-state index < -0.39 is 0 Å². The van der Waals surface area contributed by atoms with E-state index in [2.05, 4.69) is 10.4 Å². The summed E-state index contributed by atoms with van der Waals surface area (Å²) in [6.07, 6.45) is 3.54. The van der Waals surface area contributed by atoms with Gasteiger partial charge in [-0.1, -0.05) is 0 Å². The molecule has 1 aromatic heterocycles. The highest BCUT2D eigenvalue weighted by molar-refractivity contribution is 5.12. The lowest BCUT2D eigenvalue weighted by Gasteiger charge is -2.29. The Balaban J connectivity index is 2.18. The van der Waals surface area contributed by atoms with E-state index in [1.54, 1.807) is 12.3 Å². The molecule has 16 heavy (non-hydrogen) atoms. The minimum atomic E-state index is -0.323. The van der Waals surface area contributed by atoms with Gasteiger partial charge in [0.15, 0.2) is 0 Å². The summed E-state index contributed by atoms with van der Waals surface area (Å²) in [6, 6.07) is 2.70. The van der Waals surface area contributed by atoms with E-state index >= 15 is 0 Å². The van der Waals surface area contributed by atoms with Gasteiger partial charge in [0.05, 0.1) is 18.3 Å². The van der Waals surface area contributed by atoms with Crippen molar-refractivity contribution in [2.24, 2.45) is 11.8 Å². The number of ether oxygens (including phenoxy) is 1. The average molecular weight is 225 g/mol. The third-order valence-corrected chi connectivity index (χ3v) is 2.93. The summed E-state index contributed by atoms with van der Waals surface area (Å²) < 4.78 is 19.0. The molecule has 1 fully saturated rings. The highest BCUT2D eigenvalue weighted by Crippen LogP contribution is 2.28. The largest absolute Gasteiger partial charge is 0.381 e. The number of pyridine rings is 1. The quantitative estimate of drug-likeness (QED) is 0.598.